The van der Waals surface area contributed by atoms with Crippen molar-refractivity contribution in [3.05, 3.63) is 38.4 Å². The number of carbonyl (C=O) groups is 1. The normalized spacial score (nSPS) is 12.2. The maximum atomic E-state index is 10.6. The molecule has 1 aromatic rings. The first-order valence-corrected chi connectivity index (χ1v) is 4.57. The summed E-state index contributed by atoms with van der Waals surface area (Å²) in [7, 11) is 0. The van der Waals surface area contributed by atoms with Gasteiger partial charge in [-0.1, -0.05) is 11.6 Å². The van der Waals surface area contributed by atoms with Crippen molar-refractivity contribution in [2.24, 2.45) is 0 Å². The van der Waals surface area contributed by atoms with Crippen molar-refractivity contribution in [1.29, 1.82) is 0 Å². The topological polar surface area (TPSA) is 101 Å². The third-order valence-corrected chi connectivity index (χ3v) is 2.30. The first kappa shape index (κ1) is 12.4. The van der Waals surface area contributed by atoms with Crippen molar-refractivity contribution in [1.82, 2.24) is 0 Å². The first-order valence-electron chi connectivity index (χ1n) is 4.20. The number of aryl methyl sites for hydroxylation is 1. The second-order valence-electron chi connectivity index (χ2n) is 3.17. The summed E-state index contributed by atoms with van der Waals surface area (Å²) in [6.07, 6.45) is -1.74. The summed E-state index contributed by atoms with van der Waals surface area (Å²) in [5.74, 6) is -1.44. The predicted octanol–water partition coefficient (Wildman–Crippen LogP) is 1.67. The number of hydrogen-bond donors (Lipinski definition) is 2. The Labute approximate surface area is 95.2 Å². The molecule has 0 amide bonds. The van der Waals surface area contributed by atoms with E-state index in [1.807, 2.05) is 0 Å². The van der Waals surface area contributed by atoms with Gasteiger partial charge in [-0.2, -0.15) is 0 Å². The molecule has 7 heteroatoms. The number of halogens is 1. The van der Waals surface area contributed by atoms with Gasteiger partial charge in [-0.25, -0.2) is 4.79 Å². The lowest BCUT2D eigenvalue weighted by molar-refractivity contribution is -0.385. The second kappa shape index (κ2) is 4.46. The van der Waals surface area contributed by atoms with Gasteiger partial charge in [0, 0.05) is 5.56 Å². The van der Waals surface area contributed by atoms with Crippen LogP contribution in [0.25, 0.3) is 0 Å². The van der Waals surface area contributed by atoms with E-state index in [4.69, 9.17) is 16.7 Å². The maximum Gasteiger partial charge on any atom is 0.337 e. The Hall–Kier alpha value is -1.66. The molecule has 0 bridgehead atoms. The average Bonchev–Trinajstić information content (AvgIpc) is 2.14. The molecule has 1 aromatic carbocycles. The van der Waals surface area contributed by atoms with Crippen molar-refractivity contribution in [2.45, 2.75) is 13.0 Å². The highest BCUT2D eigenvalue weighted by Gasteiger charge is 2.22. The van der Waals surface area contributed by atoms with Crippen molar-refractivity contribution in [2.75, 3.05) is 0 Å². The van der Waals surface area contributed by atoms with Gasteiger partial charge in [0.2, 0.25) is 0 Å². The number of carboxylic acid groups (broad SMARTS) is 1. The SMILES string of the molecule is Cc1cc(C(O)C(=O)O)cc(Cl)c1[N+](=O)[O-]. The third kappa shape index (κ3) is 2.29. The molecule has 0 heterocycles. The number of rotatable bonds is 3. The van der Waals surface area contributed by atoms with Crippen molar-refractivity contribution >= 4 is 23.3 Å². The minimum Gasteiger partial charge on any atom is -0.479 e. The molecule has 0 saturated carbocycles. The van der Waals surface area contributed by atoms with E-state index in [2.05, 4.69) is 0 Å². The predicted molar refractivity (Wildman–Crippen MR) is 55.4 cm³/mol. The molecule has 2 N–H and O–H groups in total. The van der Waals surface area contributed by atoms with Crippen LogP contribution in [0.1, 0.15) is 17.2 Å². The molecule has 1 rings (SSSR count). The monoisotopic (exact) mass is 245 g/mol. The Morgan fingerprint density at radius 2 is 2.12 bits per heavy atom. The van der Waals surface area contributed by atoms with Gasteiger partial charge < -0.3 is 10.2 Å². The highest BCUT2D eigenvalue weighted by molar-refractivity contribution is 6.32. The Kier molecular flexibility index (Phi) is 3.46. The van der Waals surface area contributed by atoms with Crippen LogP contribution in [0.15, 0.2) is 12.1 Å². The molecule has 0 aromatic heterocycles. The van der Waals surface area contributed by atoms with Crippen LogP contribution < -0.4 is 0 Å². The van der Waals surface area contributed by atoms with Crippen molar-refractivity contribution < 1.29 is 19.9 Å². The number of nitrogens with zero attached hydrogens (tertiary/aromatic N) is 1. The van der Waals surface area contributed by atoms with Gasteiger partial charge >= 0.3 is 5.97 Å². The van der Waals surface area contributed by atoms with E-state index in [1.165, 1.54) is 13.0 Å². The number of benzene rings is 1. The van der Waals surface area contributed by atoms with Crippen molar-refractivity contribution in [3.8, 4) is 0 Å². The molecule has 86 valence electrons. The summed E-state index contributed by atoms with van der Waals surface area (Å²) in [4.78, 5) is 20.5. The van der Waals surface area contributed by atoms with E-state index in [9.17, 15) is 20.0 Å². The van der Waals surface area contributed by atoms with E-state index in [-0.39, 0.29) is 21.8 Å². The first-order chi connectivity index (χ1) is 7.34. The summed E-state index contributed by atoms with van der Waals surface area (Å²) < 4.78 is 0. The van der Waals surface area contributed by atoms with E-state index in [0.29, 0.717) is 0 Å². The quantitative estimate of drug-likeness (QED) is 0.623. The zero-order valence-electron chi connectivity index (χ0n) is 8.18. The number of aliphatic hydroxyl groups excluding tert-OH is 1. The lowest BCUT2D eigenvalue weighted by Crippen LogP contribution is -2.11. The van der Waals surface area contributed by atoms with E-state index in [1.54, 1.807) is 0 Å². The summed E-state index contributed by atoms with van der Waals surface area (Å²) in [5.41, 5.74) is -0.0728. The standard InChI is InChI=1S/C9H8ClNO5/c1-4-2-5(8(12)9(13)14)3-6(10)7(4)11(15)16/h2-3,8,12H,1H3,(H,13,14). The molecule has 0 spiro atoms. The van der Waals surface area contributed by atoms with Crippen molar-refractivity contribution in [3.63, 3.8) is 0 Å². The van der Waals surface area contributed by atoms with Crippen LogP contribution in [0.5, 0.6) is 0 Å². The fraction of sp³-hybridized carbons (Fsp3) is 0.222. The number of hydrogen-bond acceptors (Lipinski definition) is 4. The lowest BCUT2D eigenvalue weighted by Gasteiger charge is -2.08. The van der Waals surface area contributed by atoms with Crippen LogP contribution >= 0.6 is 11.6 Å². The zero-order chi connectivity index (χ0) is 12.5. The molecule has 16 heavy (non-hydrogen) atoms. The van der Waals surface area contributed by atoms with Crippen LogP contribution in [0.2, 0.25) is 5.02 Å². The minimum atomic E-state index is -1.74. The van der Waals surface area contributed by atoms with E-state index < -0.39 is 17.0 Å². The minimum absolute atomic E-state index is 0.0144. The fourth-order valence-electron chi connectivity index (χ4n) is 1.29. The number of nitro groups is 1. The van der Waals surface area contributed by atoms with Crippen LogP contribution in [0.4, 0.5) is 5.69 Å². The molecule has 1 unspecified atom stereocenters. The van der Waals surface area contributed by atoms with Gasteiger partial charge in [0.15, 0.2) is 6.10 Å². The zero-order valence-corrected chi connectivity index (χ0v) is 8.93. The summed E-state index contributed by atoms with van der Waals surface area (Å²) in [5, 5.41) is 28.2. The van der Waals surface area contributed by atoms with Gasteiger partial charge in [-0.15, -0.1) is 0 Å². The Morgan fingerprint density at radius 3 is 2.50 bits per heavy atom. The molecule has 0 radical (unpaired) electrons. The van der Waals surface area contributed by atoms with Gasteiger partial charge in [0.25, 0.3) is 5.69 Å². The number of aliphatic carboxylic acids is 1. The average molecular weight is 246 g/mol. The van der Waals surface area contributed by atoms with E-state index >= 15 is 0 Å². The van der Waals surface area contributed by atoms with Crippen LogP contribution in [0, 0.1) is 17.0 Å². The summed E-state index contributed by atoms with van der Waals surface area (Å²) in [6.45, 7) is 1.42. The molecular weight excluding hydrogens is 238 g/mol. The molecule has 0 saturated heterocycles. The van der Waals surface area contributed by atoms with Crippen LogP contribution in [-0.2, 0) is 4.79 Å². The van der Waals surface area contributed by atoms with Gasteiger partial charge in [0.05, 0.1) is 4.92 Å². The summed E-state index contributed by atoms with van der Waals surface area (Å²) in [6, 6.07) is 2.30. The smallest absolute Gasteiger partial charge is 0.337 e. The van der Waals surface area contributed by atoms with Crippen LogP contribution in [0.3, 0.4) is 0 Å². The highest BCUT2D eigenvalue weighted by Crippen LogP contribution is 2.31. The summed E-state index contributed by atoms with van der Waals surface area (Å²) >= 11 is 5.63. The largest absolute Gasteiger partial charge is 0.479 e. The van der Waals surface area contributed by atoms with Gasteiger partial charge in [-0.3, -0.25) is 10.1 Å². The molecule has 0 aliphatic rings. The van der Waals surface area contributed by atoms with Crippen LogP contribution in [-0.4, -0.2) is 21.1 Å². The Morgan fingerprint density at radius 1 is 1.56 bits per heavy atom. The van der Waals surface area contributed by atoms with Gasteiger partial charge in [-0.05, 0) is 24.6 Å². The maximum absolute atomic E-state index is 10.6. The second-order valence-corrected chi connectivity index (χ2v) is 3.57. The van der Waals surface area contributed by atoms with E-state index in [0.717, 1.165) is 6.07 Å². The molecule has 6 nitrogen and oxygen atoms in total. The Bertz CT molecular complexity index is 436. The highest BCUT2D eigenvalue weighted by atomic mass is 35.5. The number of carboxylic acids is 1. The number of aliphatic hydroxyl groups is 1. The number of nitro benzene ring substituents is 1. The van der Waals surface area contributed by atoms with Gasteiger partial charge in [0.1, 0.15) is 5.02 Å². The molecule has 0 aliphatic carbocycles. The molecule has 1 atom stereocenters. The third-order valence-electron chi connectivity index (χ3n) is 2.01. The molecular formula is C9H8ClNO5. The Balaban J connectivity index is 3.30. The molecule has 0 aliphatic heterocycles. The lowest BCUT2D eigenvalue weighted by atomic mass is 10.1. The molecule has 0 fully saturated rings. The fourth-order valence-corrected chi connectivity index (χ4v) is 1.64.